The van der Waals surface area contributed by atoms with Crippen LogP contribution in [-0.2, 0) is 11.0 Å². The molecule has 0 bridgehead atoms. The summed E-state index contributed by atoms with van der Waals surface area (Å²) in [4.78, 5) is 10.2. The number of anilines is 1. The molecule has 0 aliphatic heterocycles. The number of nitrogens with two attached hydrogens (primary N) is 1. The molecule has 0 saturated carbocycles. The maximum Gasteiger partial charge on any atom is 0.416 e. The van der Waals surface area contributed by atoms with Crippen LogP contribution in [-0.4, -0.2) is 11.1 Å². The van der Waals surface area contributed by atoms with E-state index >= 15 is 0 Å². The van der Waals surface area contributed by atoms with E-state index in [1.165, 1.54) is 0 Å². The van der Waals surface area contributed by atoms with Crippen molar-refractivity contribution in [3.05, 3.63) is 29.3 Å². The summed E-state index contributed by atoms with van der Waals surface area (Å²) in [6.45, 7) is 0. The monoisotopic (exact) mass is 258 g/mol. The Labute approximate surface area is 101 Å². The van der Waals surface area contributed by atoms with E-state index in [1.54, 1.807) is 0 Å². The first-order valence-electron chi connectivity index (χ1n) is 4.73. The molecule has 0 spiro atoms. The van der Waals surface area contributed by atoms with Crippen LogP contribution in [0.3, 0.4) is 0 Å². The summed E-state index contributed by atoms with van der Waals surface area (Å²) in [6.07, 6.45) is -4.87. The number of carboxylic acid groups (broad SMARTS) is 1. The molecule has 0 saturated heterocycles. The number of halogens is 3. The van der Waals surface area contributed by atoms with Gasteiger partial charge in [-0.3, -0.25) is 10.6 Å². The number of nitrogen functional groups attached to an aromatic ring is 1. The number of hydrazine groups is 1. The summed E-state index contributed by atoms with van der Waals surface area (Å²) >= 11 is 0. The molecule has 0 amide bonds. The van der Waals surface area contributed by atoms with Gasteiger partial charge in [0.25, 0.3) is 0 Å². The summed E-state index contributed by atoms with van der Waals surface area (Å²) < 4.78 is 37.2. The fourth-order valence-electron chi connectivity index (χ4n) is 1.16. The average Bonchev–Trinajstić information content (AvgIpc) is 2.27. The van der Waals surface area contributed by atoms with E-state index in [1.807, 2.05) is 0 Å². The third-order valence-corrected chi connectivity index (χ3v) is 1.97. The van der Waals surface area contributed by atoms with Gasteiger partial charge in [-0.25, -0.2) is 0 Å². The van der Waals surface area contributed by atoms with Crippen molar-refractivity contribution in [2.45, 2.75) is 12.6 Å². The van der Waals surface area contributed by atoms with Crippen LogP contribution in [0.2, 0.25) is 0 Å². The molecule has 0 unspecified atom stereocenters. The lowest BCUT2D eigenvalue weighted by Crippen LogP contribution is -2.11. The maximum absolute atomic E-state index is 12.4. The molecule has 0 aromatic heterocycles. The van der Waals surface area contributed by atoms with E-state index in [9.17, 15) is 18.0 Å². The van der Waals surface area contributed by atoms with Gasteiger partial charge in [-0.2, -0.15) is 13.2 Å². The predicted octanol–water partition coefficient (Wildman–Crippen LogP) is 1.82. The Bertz CT molecular complexity index is 515. The van der Waals surface area contributed by atoms with Gasteiger partial charge in [0.2, 0.25) is 0 Å². The number of carbonyl (C=O) groups is 1. The van der Waals surface area contributed by atoms with Gasteiger partial charge in [-0.1, -0.05) is 11.8 Å². The zero-order valence-corrected chi connectivity index (χ0v) is 9.01. The first-order valence-corrected chi connectivity index (χ1v) is 4.73. The molecule has 1 aromatic carbocycles. The van der Waals surface area contributed by atoms with Crippen molar-refractivity contribution in [3.63, 3.8) is 0 Å². The second-order valence-electron chi connectivity index (χ2n) is 3.27. The minimum atomic E-state index is -4.47. The van der Waals surface area contributed by atoms with Crippen molar-refractivity contribution in [1.82, 2.24) is 0 Å². The maximum atomic E-state index is 12.4. The highest BCUT2D eigenvalue weighted by atomic mass is 19.4. The Kier molecular flexibility index (Phi) is 4.18. The lowest BCUT2D eigenvalue weighted by Gasteiger charge is -2.10. The summed E-state index contributed by atoms with van der Waals surface area (Å²) in [5.74, 6) is 8.72. The lowest BCUT2D eigenvalue weighted by atomic mass is 10.1. The second kappa shape index (κ2) is 5.42. The van der Waals surface area contributed by atoms with Crippen LogP contribution in [0.1, 0.15) is 17.5 Å². The first kappa shape index (κ1) is 13.9. The van der Waals surface area contributed by atoms with E-state index in [-0.39, 0.29) is 11.3 Å². The molecule has 4 N–H and O–H groups in total. The fourth-order valence-corrected chi connectivity index (χ4v) is 1.16. The number of rotatable bonds is 2. The highest BCUT2D eigenvalue weighted by molar-refractivity contribution is 5.70. The summed E-state index contributed by atoms with van der Waals surface area (Å²) in [6, 6.07) is 2.79. The van der Waals surface area contributed by atoms with Crippen LogP contribution in [0, 0.1) is 11.8 Å². The number of benzene rings is 1. The van der Waals surface area contributed by atoms with Gasteiger partial charge in [0.05, 0.1) is 11.3 Å². The molecular weight excluding hydrogens is 249 g/mol. The smallest absolute Gasteiger partial charge is 0.416 e. The molecule has 18 heavy (non-hydrogen) atoms. The Balaban J connectivity index is 3.07. The Hall–Kier alpha value is -2.20. The molecular formula is C11H9F3N2O2. The topological polar surface area (TPSA) is 75.3 Å². The van der Waals surface area contributed by atoms with Crippen LogP contribution >= 0.6 is 0 Å². The highest BCUT2D eigenvalue weighted by Gasteiger charge is 2.30. The molecule has 4 nitrogen and oxygen atoms in total. The van der Waals surface area contributed by atoms with E-state index in [4.69, 9.17) is 10.9 Å². The lowest BCUT2D eigenvalue weighted by molar-refractivity contribution is -0.137. The number of aliphatic carboxylic acids is 1. The Morgan fingerprint density at radius 2 is 2.11 bits per heavy atom. The van der Waals surface area contributed by atoms with Crippen molar-refractivity contribution in [2.75, 3.05) is 5.43 Å². The third kappa shape index (κ3) is 3.68. The third-order valence-electron chi connectivity index (χ3n) is 1.97. The number of hydrogen-bond acceptors (Lipinski definition) is 3. The number of nitrogens with one attached hydrogen (secondary N) is 1. The van der Waals surface area contributed by atoms with E-state index < -0.39 is 24.1 Å². The number of hydrogen-bond donors (Lipinski definition) is 3. The van der Waals surface area contributed by atoms with Gasteiger partial charge in [0, 0.05) is 5.56 Å². The van der Waals surface area contributed by atoms with Crippen LogP contribution in [0.25, 0.3) is 0 Å². The van der Waals surface area contributed by atoms with E-state index in [0.717, 1.165) is 18.2 Å². The van der Waals surface area contributed by atoms with Gasteiger partial charge in [-0.15, -0.1) is 0 Å². The minimum Gasteiger partial charge on any atom is -0.481 e. The molecule has 1 aromatic rings. The van der Waals surface area contributed by atoms with Crippen LogP contribution in [0.5, 0.6) is 0 Å². The van der Waals surface area contributed by atoms with Crippen molar-refractivity contribution >= 4 is 11.7 Å². The van der Waals surface area contributed by atoms with Crippen molar-refractivity contribution in [1.29, 1.82) is 0 Å². The predicted molar refractivity (Wildman–Crippen MR) is 58.4 cm³/mol. The molecule has 0 atom stereocenters. The largest absolute Gasteiger partial charge is 0.481 e. The van der Waals surface area contributed by atoms with E-state index in [2.05, 4.69) is 17.3 Å². The fraction of sp³-hybridized carbons (Fsp3) is 0.182. The normalized spacial score (nSPS) is 10.4. The van der Waals surface area contributed by atoms with Gasteiger partial charge in [-0.05, 0) is 18.2 Å². The standard InChI is InChI=1S/C11H9F3N2O2/c12-11(13,14)8-5-4-7(9(6-8)16-15)2-1-3-10(17)18/h4-6,16H,3,15H2,(H,17,18). The molecule has 7 heteroatoms. The van der Waals surface area contributed by atoms with Gasteiger partial charge in [0.1, 0.15) is 6.42 Å². The van der Waals surface area contributed by atoms with Crippen molar-refractivity contribution in [2.24, 2.45) is 5.84 Å². The highest BCUT2D eigenvalue weighted by Crippen LogP contribution is 2.31. The zero-order valence-electron chi connectivity index (χ0n) is 9.01. The van der Waals surface area contributed by atoms with Crippen molar-refractivity contribution < 1.29 is 23.1 Å². The average molecular weight is 258 g/mol. The Morgan fingerprint density at radius 3 is 2.61 bits per heavy atom. The minimum absolute atomic E-state index is 0.0114. The molecule has 96 valence electrons. The van der Waals surface area contributed by atoms with Gasteiger partial charge in [0.15, 0.2) is 0 Å². The molecule has 0 heterocycles. The molecule has 0 aliphatic carbocycles. The number of alkyl halides is 3. The van der Waals surface area contributed by atoms with E-state index in [0.29, 0.717) is 0 Å². The quantitative estimate of drug-likeness (QED) is 0.429. The second-order valence-corrected chi connectivity index (χ2v) is 3.27. The molecule has 0 radical (unpaired) electrons. The van der Waals surface area contributed by atoms with Crippen molar-refractivity contribution in [3.8, 4) is 11.8 Å². The zero-order chi connectivity index (χ0) is 13.8. The van der Waals surface area contributed by atoms with Crippen LogP contribution in [0.15, 0.2) is 18.2 Å². The molecule has 0 fully saturated rings. The summed E-state index contributed by atoms with van der Waals surface area (Å²) in [7, 11) is 0. The molecule has 0 aliphatic rings. The number of carboxylic acids is 1. The van der Waals surface area contributed by atoms with Crippen LogP contribution < -0.4 is 11.3 Å². The molecule has 1 rings (SSSR count). The SMILES string of the molecule is NNc1cc(C(F)(F)F)ccc1C#CCC(=O)O. The Morgan fingerprint density at radius 1 is 1.44 bits per heavy atom. The summed E-state index contributed by atoms with van der Waals surface area (Å²) in [5.41, 5.74) is 1.42. The summed E-state index contributed by atoms with van der Waals surface area (Å²) in [5, 5.41) is 8.38. The van der Waals surface area contributed by atoms with Gasteiger partial charge < -0.3 is 10.5 Å². The van der Waals surface area contributed by atoms with Gasteiger partial charge >= 0.3 is 12.1 Å². The van der Waals surface area contributed by atoms with Crippen LogP contribution in [0.4, 0.5) is 18.9 Å². The first-order chi connectivity index (χ1) is 8.34.